The molecular formula is C11H20INO3. The van der Waals surface area contributed by atoms with E-state index in [4.69, 9.17) is 4.74 Å². The lowest BCUT2D eigenvalue weighted by Crippen LogP contribution is -2.60. The number of ether oxygens (including phenoxy) is 1. The molecule has 1 aliphatic heterocycles. The third-order valence-electron chi connectivity index (χ3n) is 3.01. The Labute approximate surface area is 110 Å². The zero-order chi connectivity index (χ0) is 12.6. The first kappa shape index (κ1) is 14.2. The van der Waals surface area contributed by atoms with Crippen molar-refractivity contribution in [1.82, 2.24) is 5.06 Å². The fraction of sp³-hybridized carbons (Fsp3) is 0.909. The van der Waals surface area contributed by atoms with Gasteiger partial charge in [0.15, 0.2) is 0 Å². The number of hydrogen-bond donors (Lipinski definition) is 1. The van der Waals surface area contributed by atoms with E-state index < -0.39 is 0 Å². The number of rotatable bonds is 2. The minimum atomic E-state index is -0.363. The van der Waals surface area contributed by atoms with Crippen LogP contribution < -0.4 is 0 Å². The lowest BCUT2D eigenvalue weighted by Gasteiger charge is -2.50. The first-order chi connectivity index (χ1) is 7.19. The minimum Gasteiger partial charge on any atom is -0.462 e. The maximum atomic E-state index is 11.3. The highest BCUT2D eigenvalue weighted by Crippen LogP contribution is 2.37. The van der Waals surface area contributed by atoms with Gasteiger partial charge in [0.25, 0.3) is 0 Å². The number of halogens is 1. The summed E-state index contributed by atoms with van der Waals surface area (Å²) >= 11 is 2.00. The lowest BCUT2D eigenvalue weighted by atomic mass is 9.80. The van der Waals surface area contributed by atoms with E-state index in [1.165, 1.54) is 5.06 Å². The first-order valence-electron chi connectivity index (χ1n) is 5.44. The average molecular weight is 341 g/mol. The molecule has 0 saturated carbocycles. The summed E-state index contributed by atoms with van der Waals surface area (Å²) in [5.74, 6) is -0.177. The van der Waals surface area contributed by atoms with E-state index in [9.17, 15) is 10.0 Å². The van der Waals surface area contributed by atoms with Crippen molar-refractivity contribution in [2.24, 2.45) is 0 Å². The summed E-state index contributed by atoms with van der Waals surface area (Å²) in [7, 11) is 0. The Morgan fingerprint density at radius 1 is 1.38 bits per heavy atom. The van der Waals surface area contributed by atoms with Gasteiger partial charge in [-0.2, -0.15) is 5.06 Å². The summed E-state index contributed by atoms with van der Waals surface area (Å²) in [6.07, 6.45) is 1.22. The first-order valence-corrected chi connectivity index (χ1v) is 6.96. The van der Waals surface area contributed by atoms with E-state index >= 15 is 0 Å². The van der Waals surface area contributed by atoms with Crippen LogP contribution in [-0.4, -0.2) is 37.8 Å². The molecule has 0 aromatic rings. The normalized spacial score (nSPS) is 25.4. The van der Waals surface area contributed by atoms with Gasteiger partial charge in [0, 0.05) is 23.9 Å². The molecule has 1 fully saturated rings. The lowest BCUT2D eigenvalue weighted by molar-refractivity contribution is -0.259. The highest BCUT2D eigenvalue weighted by Gasteiger charge is 2.46. The maximum absolute atomic E-state index is 11.3. The minimum absolute atomic E-state index is 0.101. The predicted molar refractivity (Wildman–Crippen MR) is 69.8 cm³/mol. The summed E-state index contributed by atoms with van der Waals surface area (Å²) < 4.78 is 5.75. The van der Waals surface area contributed by atoms with Crippen LogP contribution in [0.4, 0.5) is 0 Å². The van der Waals surface area contributed by atoms with Crippen molar-refractivity contribution in [2.45, 2.75) is 57.7 Å². The number of piperidine rings is 1. The van der Waals surface area contributed by atoms with Gasteiger partial charge in [-0.15, -0.1) is 0 Å². The van der Waals surface area contributed by atoms with E-state index in [0.29, 0.717) is 17.3 Å². The third-order valence-corrected chi connectivity index (χ3v) is 3.63. The molecule has 0 bridgehead atoms. The van der Waals surface area contributed by atoms with Crippen LogP contribution in [0.5, 0.6) is 0 Å². The molecule has 1 heterocycles. The van der Waals surface area contributed by atoms with Gasteiger partial charge in [-0.1, -0.05) is 22.6 Å². The molecule has 1 rings (SSSR count). The fourth-order valence-electron chi connectivity index (χ4n) is 2.48. The van der Waals surface area contributed by atoms with Gasteiger partial charge in [0.1, 0.15) is 6.10 Å². The summed E-state index contributed by atoms with van der Waals surface area (Å²) in [5.41, 5.74) is -0.726. The molecule has 0 unspecified atom stereocenters. The summed E-state index contributed by atoms with van der Waals surface area (Å²) in [6.45, 7) is 7.83. The summed E-state index contributed by atoms with van der Waals surface area (Å²) in [5, 5.41) is 11.4. The van der Waals surface area contributed by atoms with Crippen molar-refractivity contribution in [2.75, 3.05) is 4.43 Å². The van der Waals surface area contributed by atoms with Crippen molar-refractivity contribution < 1.29 is 14.7 Å². The van der Waals surface area contributed by atoms with E-state index in [0.717, 1.165) is 0 Å². The van der Waals surface area contributed by atoms with Crippen LogP contribution in [0.15, 0.2) is 0 Å². The largest absolute Gasteiger partial charge is 0.462 e. The number of nitrogens with zero attached hydrogens (tertiary/aromatic N) is 1. The maximum Gasteiger partial charge on any atom is 0.316 e. The smallest absolute Gasteiger partial charge is 0.316 e. The number of alkyl halides is 1. The van der Waals surface area contributed by atoms with Crippen molar-refractivity contribution in [3.8, 4) is 0 Å². The van der Waals surface area contributed by atoms with Crippen LogP contribution in [0, 0.1) is 0 Å². The average Bonchev–Trinajstić information content (AvgIpc) is 2.13. The van der Waals surface area contributed by atoms with Crippen molar-refractivity contribution in [3.05, 3.63) is 0 Å². The van der Waals surface area contributed by atoms with Gasteiger partial charge in [0.05, 0.1) is 4.43 Å². The van der Waals surface area contributed by atoms with Gasteiger partial charge < -0.3 is 9.94 Å². The molecule has 94 valence electrons. The molecule has 0 aromatic heterocycles. The molecule has 16 heavy (non-hydrogen) atoms. The molecule has 1 aliphatic rings. The molecule has 0 radical (unpaired) electrons. The Morgan fingerprint density at radius 3 is 2.19 bits per heavy atom. The number of carbonyl (C=O) groups is 1. The van der Waals surface area contributed by atoms with Gasteiger partial charge in [-0.05, 0) is 27.7 Å². The van der Waals surface area contributed by atoms with Gasteiger partial charge in [-0.3, -0.25) is 4.79 Å². The molecule has 0 spiro atoms. The van der Waals surface area contributed by atoms with Crippen LogP contribution >= 0.6 is 22.6 Å². The van der Waals surface area contributed by atoms with Crippen molar-refractivity contribution in [3.63, 3.8) is 0 Å². The van der Waals surface area contributed by atoms with Crippen LogP contribution in [-0.2, 0) is 9.53 Å². The summed E-state index contributed by atoms with van der Waals surface area (Å²) in [4.78, 5) is 11.3. The van der Waals surface area contributed by atoms with Crippen LogP contribution in [0.25, 0.3) is 0 Å². The van der Waals surface area contributed by atoms with E-state index in [1.807, 2.05) is 50.3 Å². The van der Waals surface area contributed by atoms with Gasteiger partial charge in [0.2, 0.25) is 0 Å². The molecule has 0 aromatic carbocycles. The SMILES string of the molecule is CC1(C)CC(OC(=O)CI)CC(C)(C)N1O. The Morgan fingerprint density at radius 2 is 1.81 bits per heavy atom. The molecule has 0 atom stereocenters. The number of esters is 1. The predicted octanol–water partition coefficient (Wildman–Crippen LogP) is 2.38. The summed E-state index contributed by atoms with van der Waals surface area (Å²) in [6, 6.07) is 0. The molecule has 0 amide bonds. The Hall–Kier alpha value is 0.120. The third kappa shape index (κ3) is 3.07. The Kier molecular flexibility index (Phi) is 4.23. The topological polar surface area (TPSA) is 49.8 Å². The quantitative estimate of drug-likeness (QED) is 0.476. The zero-order valence-corrected chi connectivity index (χ0v) is 12.4. The molecule has 1 N–H and O–H groups in total. The Balaban J connectivity index is 2.75. The fourth-order valence-corrected chi connectivity index (χ4v) is 2.66. The number of hydroxylamine groups is 2. The van der Waals surface area contributed by atoms with Gasteiger partial charge >= 0.3 is 5.97 Å². The van der Waals surface area contributed by atoms with Crippen molar-refractivity contribution >= 4 is 28.6 Å². The molecule has 1 saturated heterocycles. The highest BCUT2D eigenvalue weighted by atomic mass is 127. The van der Waals surface area contributed by atoms with Crippen molar-refractivity contribution in [1.29, 1.82) is 0 Å². The molecular weight excluding hydrogens is 321 g/mol. The van der Waals surface area contributed by atoms with Crippen LogP contribution in [0.3, 0.4) is 0 Å². The second-order valence-corrected chi connectivity index (χ2v) is 6.35. The van der Waals surface area contributed by atoms with Crippen LogP contribution in [0.1, 0.15) is 40.5 Å². The molecule has 0 aliphatic carbocycles. The Bertz CT molecular complexity index is 260. The van der Waals surface area contributed by atoms with E-state index in [1.54, 1.807) is 0 Å². The monoisotopic (exact) mass is 341 g/mol. The van der Waals surface area contributed by atoms with E-state index in [2.05, 4.69) is 0 Å². The molecule has 4 nitrogen and oxygen atoms in total. The number of hydrogen-bond acceptors (Lipinski definition) is 4. The standard InChI is InChI=1S/C11H20INO3/c1-10(2)5-8(16-9(14)7-12)6-11(3,4)13(10)15/h8,15H,5-7H2,1-4H3. The van der Waals surface area contributed by atoms with E-state index in [-0.39, 0.29) is 23.2 Å². The second kappa shape index (κ2) is 4.78. The zero-order valence-electron chi connectivity index (χ0n) is 10.3. The second-order valence-electron chi connectivity index (χ2n) is 5.59. The molecule has 5 heteroatoms. The number of carbonyl (C=O) groups excluding carboxylic acids is 1. The van der Waals surface area contributed by atoms with Crippen LogP contribution in [0.2, 0.25) is 0 Å². The van der Waals surface area contributed by atoms with Gasteiger partial charge in [-0.25, -0.2) is 0 Å². The highest BCUT2D eigenvalue weighted by molar-refractivity contribution is 14.1.